The molecule has 0 spiro atoms. The van der Waals surface area contributed by atoms with Crippen LogP contribution in [0.1, 0.15) is 25.3 Å². The topological polar surface area (TPSA) is 41.3 Å². The number of nitrogens with zero attached hydrogens (tertiary/aromatic N) is 1. The predicted octanol–water partition coefficient (Wildman–Crippen LogP) is 2.87. The molecule has 0 aromatic heterocycles. The number of hydrogen-bond donors (Lipinski definition) is 2. The summed E-state index contributed by atoms with van der Waals surface area (Å²) in [7, 11) is 0. The normalized spacial score (nSPS) is 17.4. The number of nitrogens with two attached hydrogens (primary N) is 1. The van der Waals surface area contributed by atoms with Crippen LogP contribution >= 0.6 is 23.8 Å². The van der Waals surface area contributed by atoms with Gasteiger partial charge in [-0.05, 0) is 45.0 Å². The highest BCUT2D eigenvalue weighted by Gasteiger charge is 2.16. The standard InChI is InChI=1S/C14H20ClN3S/c1-10(9-18-7-2-3-8-18)17-12-6-4-5-11(15)13(12)14(16)19/h4-6,10,17H,2-3,7-9H2,1H3,(H2,16,19). The van der Waals surface area contributed by atoms with E-state index in [9.17, 15) is 0 Å². The molecule has 2 rings (SSSR count). The van der Waals surface area contributed by atoms with E-state index in [0.717, 1.165) is 17.8 Å². The molecule has 104 valence electrons. The summed E-state index contributed by atoms with van der Waals surface area (Å²) in [5.41, 5.74) is 7.42. The third kappa shape index (κ3) is 3.81. The van der Waals surface area contributed by atoms with Gasteiger partial charge in [-0.2, -0.15) is 0 Å². The summed E-state index contributed by atoms with van der Waals surface area (Å²) < 4.78 is 0. The van der Waals surface area contributed by atoms with Crippen LogP contribution in [-0.2, 0) is 0 Å². The van der Waals surface area contributed by atoms with Crippen molar-refractivity contribution in [3.05, 3.63) is 28.8 Å². The van der Waals surface area contributed by atoms with E-state index in [1.165, 1.54) is 25.9 Å². The predicted molar refractivity (Wildman–Crippen MR) is 86.1 cm³/mol. The molecule has 1 heterocycles. The Morgan fingerprint density at radius 1 is 1.47 bits per heavy atom. The van der Waals surface area contributed by atoms with Crippen molar-refractivity contribution in [2.45, 2.75) is 25.8 Å². The summed E-state index contributed by atoms with van der Waals surface area (Å²) >= 11 is 11.2. The average Bonchev–Trinajstić information content (AvgIpc) is 2.81. The van der Waals surface area contributed by atoms with E-state index in [2.05, 4.69) is 17.1 Å². The van der Waals surface area contributed by atoms with Crippen LogP contribution in [0.15, 0.2) is 18.2 Å². The number of thiocarbonyl (C=S) groups is 1. The molecule has 19 heavy (non-hydrogen) atoms. The highest BCUT2D eigenvalue weighted by atomic mass is 35.5. The Morgan fingerprint density at radius 3 is 2.79 bits per heavy atom. The van der Waals surface area contributed by atoms with Crippen molar-refractivity contribution in [3.63, 3.8) is 0 Å². The van der Waals surface area contributed by atoms with Crippen molar-refractivity contribution >= 4 is 34.5 Å². The summed E-state index contributed by atoms with van der Waals surface area (Å²) in [6.45, 7) is 5.60. The Kier molecular flexibility index (Phi) is 5.02. The quantitative estimate of drug-likeness (QED) is 0.820. The second-order valence-electron chi connectivity index (χ2n) is 5.08. The van der Waals surface area contributed by atoms with Gasteiger partial charge in [0.1, 0.15) is 4.99 Å². The molecule has 0 amide bonds. The molecule has 1 aromatic carbocycles. The van der Waals surface area contributed by atoms with Crippen LogP contribution in [0.2, 0.25) is 5.02 Å². The monoisotopic (exact) mass is 297 g/mol. The number of likely N-dealkylation sites (tertiary alicyclic amines) is 1. The first kappa shape index (κ1) is 14.6. The number of hydrogen-bond acceptors (Lipinski definition) is 3. The molecule has 1 aliphatic rings. The lowest BCUT2D eigenvalue weighted by Gasteiger charge is -2.23. The molecule has 0 aliphatic carbocycles. The molecule has 5 heteroatoms. The lowest BCUT2D eigenvalue weighted by atomic mass is 10.1. The van der Waals surface area contributed by atoms with Crippen LogP contribution < -0.4 is 11.1 Å². The van der Waals surface area contributed by atoms with E-state index >= 15 is 0 Å². The van der Waals surface area contributed by atoms with E-state index in [1.54, 1.807) is 0 Å². The van der Waals surface area contributed by atoms with E-state index in [4.69, 9.17) is 29.6 Å². The third-order valence-corrected chi connectivity index (χ3v) is 3.91. The van der Waals surface area contributed by atoms with Gasteiger partial charge in [-0.25, -0.2) is 0 Å². The fraction of sp³-hybridized carbons (Fsp3) is 0.500. The zero-order valence-electron chi connectivity index (χ0n) is 11.2. The van der Waals surface area contributed by atoms with E-state index in [1.807, 2.05) is 18.2 Å². The molecule has 1 aliphatic heterocycles. The summed E-state index contributed by atoms with van der Waals surface area (Å²) in [4.78, 5) is 2.81. The zero-order valence-corrected chi connectivity index (χ0v) is 12.7. The molecule has 1 atom stereocenters. The van der Waals surface area contributed by atoms with Crippen molar-refractivity contribution < 1.29 is 0 Å². The molecule has 1 unspecified atom stereocenters. The van der Waals surface area contributed by atoms with Crippen molar-refractivity contribution in [1.29, 1.82) is 0 Å². The molecule has 3 N–H and O–H groups in total. The zero-order chi connectivity index (χ0) is 13.8. The van der Waals surface area contributed by atoms with Gasteiger partial charge in [0, 0.05) is 18.3 Å². The Labute approximate surface area is 125 Å². The van der Waals surface area contributed by atoms with E-state index < -0.39 is 0 Å². The van der Waals surface area contributed by atoms with Gasteiger partial charge in [-0.1, -0.05) is 29.9 Å². The van der Waals surface area contributed by atoms with Crippen LogP contribution in [0, 0.1) is 0 Å². The number of nitrogens with one attached hydrogen (secondary N) is 1. The Hall–Kier alpha value is -0.840. The maximum Gasteiger partial charge on any atom is 0.107 e. The fourth-order valence-corrected chi connectivity index (χ4v) is 3.11. The number of rotatable bonds is 5. The summed E-state index contributed by atoms with van der Waals surface area (Å²) in [6, 6.07) is 6.03. The van der Waals surface area contributed by atoms with Gasteiger partial charge in [0.25, 0.3) is 0 Å². The lowest BCUT2D eigenvalue weighted by Crippen LogP contribution is -2.33. The largest absolute Gasteiger partial charge is 0.389 e. The second kappa shape index (κ2) is 6.55. The molecule has 3 nitrogen and oxygen atoms in total. The molecular formula is C14H20ClN3S. The van der Waals surface area contributed by atoms with Crippen molar-refractivity contribution in [1.82, 2.24) is 4.90 Å². The molecule has 1 fully saturated rings. The van der Waals surface area contributed by atoms with Crippen LogP contribution in [-0.4, -0.2) is 35.6 Å². The highest BCUT2D eigenvalue weighted by Crippen LogP contribution is 2.25. The van der Waals surface area contributed by atoms with Crippen LogP contribution in [0.5, 0.6) is 0 Å². The third-order valence-electron chi connectivity index (χ3n) is 3.39. The van der Waals surface area contributed by atoms with Crippen molar-refractivity contribution in [3.8, 4) is 0 Å². The fourth-order valence-electron chi connectivity index (χ4n) is 2.56. The number of halogens is 1. The smallest absolute Gasteiger partial charge is 0.107 e. The van der Waals surface area contributed by atoms with Gasteiger partial charge in [0.05, 0.1) is 10.6 Å². The van der Waals surface area contributed by atoms with E-state index in [0.29, 0.717) is 16.1 Å². The van der Waals surface area contributed by atoms with Gasteiger partial charge in [-0.3, -0.25) is 0 Å². The van der Waals surface area contributed by atoms with Gasteiger partial charge in [0.2, 0.25) is 0 Å². The molecule has 1 aromatic rings. The molecule has 1 saturated heterocycles. The van der Waals surface area contributed by atoms with Gasteiger partial charge >= 0.3 is 0 Å². The molecular weight excluding hydrogens is 278 g/mol. The van der Waals surface area contributed by atoms with E-state index in [-0.39, 0.29) is 0 Å². The van der Waals surface area contributed by atoms with Crippen LogP contribution in [0.25, 0.3) is 0 Å². The SMILES string of the molecule is CC(CN1CCCC1)Nc1cccc(Cl)c1C(N)=S. The first-order valence-electron chi connectivity index (χ1n) is 6.65. The minimum Gasteiger partial charge on any atom is -0.389 e. The minimum atomic E-state index is 0.335. The number of benzene rings is 1. The lowest BCUT2D eigenvalue weighted by molar-refractivity contribution is 0.328. The van der Waals surface area contributed by atoms with Crippen molar-refractivity contribution in [2.75, 3.05) is 25.0 Å². The number of anilines is 1. The van der Waals surface area contributed by atoms with Crippen molar-refractivity contribution in [2.24, 2.45) is 5.73 Å². The Balaban J connectivity index is 2.05. The summed E-state index contributed by atoms with van der Waals surface area (Å²) in [6.07, 6.45) is 2.62. The molecule has 0 saturated carbocycles. The molecule has 0 bridgehead atoms. The maximum absolute atomic E-state index is 6.16. The van der Waals surface area contributed by atoms with Gasteiger partial charge < -0.3 is 16.0 Å². The summed E-state index contributed by atoms with van der Waals surface area (Å²) in [5.74, 6) is 0. The highest BCUT2D eigenvalue weighted by molar-refractivity contribution is 7.80. The minimum absolute atomic E-state index is 0.335. The Bertz CT molecular complexity index is 458. The Morgan fingerprint density at radius 2 is 2.16 bits per heavy atom. The maximum atomic E-state index is 6.16. The average molecular weight is 298 g/mol. The summed E-state index contributed by atoms with van der Waals surface area (Å²) in [5, 5.41) is 4.07. The van der Waals surface area contributed by atoms with Crippen LogP contribution in [0.3, 0.4) is 0 Å². The first-order chi connectivity index (χ1) is 9.08. The first-order valence-corrected chi connectivity index (χ1v) is 7.43. The van der Waals surface area contributed by atoms with Crippen LogP contribution in [0.4, 0.5) is 5.69 Å². The van der Waals surface area contributed by atoms with Gasteiger partial charge in [-0.15, -0.1) is 0 Å². The molecule has 0 radical (unpaired) electrons. The van der Waals surface area contributed by atoms with Gasteiger partial charge in [0.15, 0.2) is 0 Å². The second-order valence-corrected chi connectivity index (χ2v) is 5.93.